The van der Waals surface area contributed by atoms with Crippen molar-refractivity contribution >= 4 is 7.82 Å². The van der Waals surface area contributed by atoms with E-state index in [4.69, 9.17) is 0 Å². The van der Waals surface area contributed by atoms with Crippen molar-refractivity contribution in [3.05, 3.63) is 30.3 Å². The van der Waals surface area contributed by atoms with E-state index >= 15 is 0 Å². The molecule has 0 fully saturated rings. The van der Waals surface area contributed by atoms with Crippen LogP contribution in [0.25, 0.3) is 0 Å². The van der Waals surface area contributed by atoms with Gasteiger partial charge in [-0.2, -0.15) is 0 Å². The molecule has 1 rings (SSSR count). The van der Waals surface area contributed by atoms with E-state index in [1.165, 1.54) is 12.1 Å². The van der Waals surface area contributed by atoms with Gasteiger partial charge < -0.3 is 18.9 Å². The molecule has 0 spiro atoms. The predicted molar refractivity (Wildman–Crippen MR) is 34.7 cm³/mol. The molecule has 0 aliphatic carbocycles. The molecule has 0 aliphatic heterocycles. The van der Waals surface area contributed by atoms with Gasteiger partial charge in [-0.1, -0.05) is 18.2 Å². The Labute approximate surface area is 79.7 Å². The van der Waals surface area contributed by atoms with Crippen LogP contribution < -0.4 is 14.3 Å². The fraction of sp³-hybridized carbons (Fsp3) is 0. The number of benzene rings is 1. The number of rotatable bonds is 2. The number of hydrogen-bond acceptors (Lipinski definition) is 4. The zero-order chi connectivity index (χ0) is 8.32. The first kappa shape index (κ1) is 11.7. The maximum atomic E-state index is 10.1. The van der Waals surface area contributed by atoms with Gasteiger partial charge in [0.05, 0.1) is 0 Å². The van der Waals surface area contributed by atoms with Crippen molar-refractivity contribution in [2.24, 2.45) is 0 Å². The van der Waals surface area contributed by atoms with Gasteiger partial charge in [0.25, 0.3) is 0 Å². The third kappa shape index (κ3) is 4.52. The Morgan fingerprint density at radius 2 is 1.67 bits per heavy atom. The predicted octanol–water partition coefficient (Wildman–Crippen LogP) is -0.108. The average molecular weight is 231 g/mol. The molecule has 0 bridgehead atoms. The second-order valence-corrected chi connectivity index (χ2v) is 2.93. The molecule has 0 amide bonds. The molecule has 0 saturated heterocycles. The largest absolute Gasteiger partial charge is 2.00 e. The van der Waals surface area contributed by atoms with E-state index in [0.717, 1.165) is 0 Å². The Hall–Kier alpha value is -0.336. The van der Waals surface area contributed by atoms with Crippen LogP contribution in [0.1, 0.15) is 0 Å². The number of phosphoric ester groups is 1. The minimum atomic E-state index is -4.89. The smallest absolute Gasteiger partial charge is 0.780 e. The van der Waals surface area contributed by atoms with Crippen LogP contribution in [-0.4, -0.2) is 0 Å². The van der Waals surface area contributed by atoms with Crippen LogP contribution in [0, 0.1) is 0 Å². The molecule has 0 N–H and O–H groups in total. The summed E-state index contributed by atoms with van der Waals surface area (Å²) in [7, 11) is -4.89. The summed E-state index contributed by atoms with van der Waals surface area (Å²) in [5, 5.41) is 0. The molecule has 0 atom stereocenters. The molecule has 0 aliphatic rings. The zero-order valence-corrected chi connectivity index (χ0v) is 7.67. The van der Waals surface area contributed by atoms with E-state index in [2.05, 4.69) is 4.52 Å². The van der Waals surface area contributed by atoms with Crippen LogP contribution in [0.15, 0.2) is 30.3 Å². The summed E-state index contributed by atoms with van der Waals surface area (Å²) in [6.07, 6.45) is 0. The summed E-state index contributed by atoms with van der Waals surface area (Å²) in [4.78, 5) is 20.1. The number of phosphoric acid groups is 1. The minimum Gasteiger partial charge on any atom is -0.780 e. The van der Waals surface area contributed by atoms with E-state index in [1.54, 1.807) is 18.2 Å². The molecule has 0 heterocycles. The van der Waals surface area contributed by atoms with Gasteiger partial charge >= 0.3 is 16.5 Å². The van der Waals surface area contributed by atoms with E-state index in [1.807, 2.05) is 0 Å². The fourth-order valence-corrected chi connectivity index (χ4v) is 0.990. The Morgan fingerprint density at radius 3 is 2.08 bits per heavy atom. The molecule has 4 nitrogen and oxygen atoms in total. The first-order valence-electron chi connectivity index (χ1n) is 2.85. The van der Waals surface area contributed by atoms with Crippen molar-refractivity contribution in [2.45, 2.75) is 0 Å². The Kier molecular flexibility index (Phi) is 4.50. The van der Waals surface area contributed by atoms with Crippen molar-refractivity contribution in [3.63, 3.8) is 0 Å². The van der Waals surface area contributed by atoms with Crippen LogP contribution >= 0.6 is 7.82 Å². The standard InChI is InChI=1S/C6H7O4P.Ni/c7-11(8,9)10-6-4-2-1-3-5-6;/h1-5H,(H2,7,8,9);/q;+2/p-2. The topological polar surface area (TPSA) is 72.4 Å². The maximum Gasteiger partial charge on any atom is 2.00 e. The van der Waals surface area contributed by atoms with Crippen molar-refractivity contribution in [1.29, 1.82) is 0 Å². The molecule has 68 valence electrons. The van der Waals surface area contributed by atoms with Crippen LogP contribution in [0.2, 0.25) is 0 Å². The summed E-state index contributed by atoms with van der Waals surface area (Å²) in [6.45, 7) is 0. The summed E-state index contributed by atoms with van der Waals surface area (Å²) >= 11 is 0. The molecule has 12 heavy (non-hydrogen) atoms. The third-order valence-electron chi connectivity index (χ3n) is 0.960. The molecule has 0 radical (unpaired) electrons. The molecule has 1 aromatic rings. The normalized spacial score (nSPS) is 10.2. The van der Waals surface area contributed by atoms with Gasteiger partial charge in [-0.25, -0.2) is 0 Å². The average Bonchev–Trinajstić information content (AvgIpc) is 1.85. The summed E-state index contributed by atoms with van der Waals surface area (Å²) < 4.78 is 14.1. The summed E-state index contributed by atoms with van der Waals surface area (Å²) in [5.41, 5.74) is 0. The van der Waals surface area contributed by atoms with E-state index in [-0.39, 0.29) is 22.2 Å². The minimum absolute atomic E-state index is 0. The number of para-hydroxylation sites is 1. The van der Waals surface area contributed by atoms with Crippen LogP contribution in [0.5, 0.6) is 5.75 Å². The first-order valence-corrected chi connectivity index (χ1v) is 4.31. The summed E-state index contributed by atoms with van der Waals surface area (Å²) in [5.74, 6) is 0.0424. The van der Waals surface area contributed by atoms with Crippen LogP contribution in [-0.2, 0) is 21.1 Å². The van der Waals surface area contributed by atoms with Crippen molar-refractivity contribution < 1.29 is 35.4 Å². The van der Waals surface area contributed by atoms with Crippen molar-refractivity contribution in [1.82, 2.24) is 0 Å². The molecule has 0 saturated carbocycles. The second kappa shape index (κ2) is 4.63. The van der Waals surface area contributed by atoms with Gasteiger partial charge in [0.15, 0.2) is 0 Å². The second-order valence-electron chi connectivity index (χ2n) is 1.85. The first-order chi connectivity index (χ1) is 5.08. The molecule has 6 heteroatoms. The van der Waals surface area contributed by atoms with Crippen LogP contribution in [0.3, 0.4) is 0 Å². The van der Waals surface area contributed by atoms with E-state index in [0.29, 0.717) is 0 Å². The van der Waals surface area contributed by atoms with Crippen molar-refractivity contribution in [3.8, 4) is 5.75 Å². The van der Waals surface area contributed by atoms with E-state index in [9.17, 15) is 14.4 Å². The molecule has 0 aromatic heterocycles. The molecule has 1 aromatic carbocycles. The summed E-state index contributed by atoms with van der Waals surface area (Å²) in [6, 6.07) is 7.62. The Morgan fingerprint density at radius 1 is 1.17 bits per heavy atom. The van der Waals surface area contributed by atoms with Crippen molar-refractivity contribution in [2.75, 3.05) is 0 Å². The van der Waals surface area contributed by atoms with Gasteiger partial charge in [-0.05, 0) is 12.1 Å². The van der Waals surface area contributed by atoms with Gasteiger partial charge in [0, 0.05) is 0 Å². The van der Waals surface area contributed by atoms with Crippen LogP contribution in [0.4, 0.5) is 0 Å². The monoisotopic (exact) mass is 230 g/mol. The van der Waals surface area contributed by atoms with E-state index < -0.39 is 7.82 Å². The number of hydrogen-bond donors (Lipinski definition) is 0. The fourth-order valence-electron chi connectivity index (χ4n) is 0.610. The zero-order valence-electron chi connectivity index (χ0n) is 5.78. The van der Waals surface area contributed by atoms with Gasteiger partial charge in [0.2, 0.25) is 0 Å². The Balaban J connectivity index is 0.00000121. The quantitative estimate of drug-likeness (QED) is 0.525. The third-order valence-corrected chi connectivity index (χ3v) is 1.39. The van der Waals surface area contributed by atoms with Gasteiger partial charge in [-0.3, -0.25) is 0 Å². The van der Waals surface area contributed by atoms with Gasteiger partial charge in [-0.15, -0.1) is 0 Å². The Bertz CT molecular complexity index is 270. The molecular weight excluding hydrogens is 226 g/mol. The maximum absolute atomic E-state index is 10.1. The molecule has 0 unspecified atom stereocenters. The SMILES string of the molecule is O=P([O-])([O-])Oc1ccccc1.[Ni+2]. The molecular formula is C6H5NiO4P. The van der Waals surface area contributed by atoms with Gasteiger partial charge in [0.1, 0.15) is 13.6 Å².